The third-order valence-corrected chi connectivity index (χ3v) is 3.66. The van der Waals surface area contributed by atoms with E-state index in [1.165, 1.54) is 43.6 Å². The van der Waals surface area contributed by atoms with Crippen LogP contribution in [0.3, 0.4) is 0 Å². The highest BCUT2D eigenvalue weighted by Gasteiger charge is 2.28. The Morgan fingerprint density at radius 3 is 3.00 bits per heavy atom. The second kappa shape index (κ2) is 3.09. The Kier molecular flexibility index (Phi) is 1.87. The Labute approximate surface area is 84.7 Å². The molecule has 0 aromatic carbocycles. The normalized spacial score (nSPS) is 27.1. The standard InChI is InChI=1S/C11H17N3/c1-9-7-12-14-8-10(3-4-11(9)14)13-5-2-6-13/h7,10H,2-6,8H2,1H3/t10-/m0/s1. The lowest BCUT2D eigenvalue weighted by Gasteiger charge is -2.40. The van der Waals surface area contributed by atoms with Gasteiger partial charge in [0.15, 0.2) is 0 Å². The van der Waals surface area contributed by atoms with Crippen LogP contribution in [0, 0.1) is 6.92 Å². The van der Waals surface area contributed by atoms with Gasteiger partial charge < -0.3 is 0 Å². The summed E-state index contributed by atoms with van der Waals surface area (Å²) >= 11 is 0. The molecule has 1 aromatic heterocycles. The molecule has 76 valence electrons. The highest BCUT2D eigenvalue weighted by molar-refractivity contribution is 5.17. The second-order valence-electron chi connectivity index (χ2n) is 4.54. The monoisotopic (exact) mass is 191 g/mol. The number of aromatic nitrogens is 2. The van der Waals surface area contributed by atoms with Crippen LogP contribution in [0.1, 0.15) is 24.1 Å². The molecule has 2 aliphatic heterocycles. The molecule has 0 N–H and O–H groups in total. The van der Waals surface area contributed by atoms with Gasteiger partial charge in [0.2, 0.25) is 0 Å². The summed E-state index contributed by atoms with van der Waals surface area (Å²) in [7, 11) is 0. The molecule has 0 spiro atoms. The second-order valence-corrected chi connectivity index (χ2v) is 4.54. The Hall–Kier alpha value is -0.830. The maximum Gasteiger partial charge on any atom is 0.0568 e. The van der Waals surface area contributed by atoms with Crippen LogP contribution < -0.4 is 0 Å². The first-order valence-corrected chi connectivity index (χ1v) is 5.60. The number of nitrogens with zero attached hydrogens (tertiary/aromatic N) is 3. The fourth-order valence-electron chi connectivity index (χ4n) is 2.59. The van der Waals surface area contributed by atoms with E-state index in [0.717, 1.165) is 12.6 Å². The first-order valence-electron chi connectivity index (χ1n) is 5.60. The zero-order chi connectivity index (χ0) is 9.54. The fraction of sp³-hybridized carbons (Fsp3) is 0.727. The number of hydrogen-bond donors (Lipinski definition) is 0. The molecule has 14 heavy (non-hydrogen) atoms. The summed E-state index contributed by atoms with van der Waals surface area (Å²) < 4.78 is 2.21. The number of hydrogen-bond acceptors (Lipinski definition) is 2. The number of likely N-dealkylation sites (tertiary alicyclic amines) is 1. The van der Waals surface area contributed by atoms with Gasteiger partial charge in [-0.05, 0) is 44.8 Å². The van der Waals surface area contributed by atoms with Gasteiger partial charge in [-0.15, -0.1) is 0 Å². The molecule has 0 aliphatic carbocycles. The number of aryl methyl sites for hydroxylation is 1. The summed E-state index contributed by atoms with van der Waals surface area (Å²) in [6.45, 7) is 5.90. The largest absolute Gasteiger partial charge is 0.298 e. The number of fused-ring (bicyclic) bond motifs is 1. The van der Waals surface area contributed by atoms with Gasteiger partial charge in [-0.25, -0.2) is 0 Å². The molecule has 0 unspecified atom stereocenters. The van der Waals surface area contributed by atoms with Gasteiger partial charge >= 0.3 is 0 Å². The molecule has 3 rings (SSSR count). The van der Waals surface area contributed by atoms with Crippen LogP contribution in [0.25, 0.3) is 0 Å². The van der Waals surface area contributed by atoms with E-state index >= 15 is 0 Å². The van der Waals surface area contributed by atoms with E-state index in [9.17, 15) is 0 Å². The van der Waals surface area contributed by atoms with Crippen LogP contribution in [0.4, 0.5) is 0 Å². The molecule has 3 heterocycles. The van der Waals surface area contributed by atoms with Gasteiger partial charge in [0.25, 0.3) is 0 Å². The molecular formula is C11H17N3. The molecule has 3 nitrogen and oxygen atoms in total. The van der Waals surface area contributed by atoms with Gasteiger partial charge in [-0.3, -0.25) is 9.58 Å². The summed E-state index contributed by atoms with van der Waals surface area (Å²) in [6, 6.07) is 0.760. The van der Waals surface area contributed by atoms with Crippen molar-refractivity contribution in [1.82, 2.24) is 14.7 Å². The average Bonchev–Trinajstić information content (AvgIpc) is 2.45. The lowest BCUT2D eigenvalue weighted by molar-refractivity contribution is 0.0883. The molecule has 3 heteroatoms. The van der Waals surface area contributed by atoms with Crippen molar-refractivity contribution in [2.24, 2.45) is 0 Å². The summed E-state index contributed by atoms with van der Waals surface area (Å²) in [5.74, 6) is 0. The maximum absolute atomic E-state index is 4.44. The highest BCUT2D eigenvalue weighted by Crippen LogP contribution is 2.23. The molecule has 2 aliphatic rings. The predicted octanol–water partition coefficient (Wildman–Crippen LogP) is 1.21. The Morgan fingerprint density at radius 2 is 2.29 bits per heavy atom. The minimum atomic E-state index is 0.760. The van der Waals surface area contributed by atoms with Crippen molar-refractivity contribution in [2.75, 3.05) is 13.1 Å². The molecule has 0 bridgehead atoms. The molecule has 0 radical (unpaired) electrons. The quantitative estimate of drug-likeness (QED) is 0.665. The van der Waals surface area contributed by atoms with Crippen molar-refractivity contribution < 1.29 is 0 Å². The first-order chi connectivity index (χ1) is 6.84. The van der Waals surface area contributed by atoms with Crippen LogP contribution >= 0.6 is 0 Å². The van der Waals surface area contributed by atoms with Gasteiger partial charge in [0.05, 0.1) is 12.7 Å². The van der Waals surface area contributed by atoms with Crippen molar-refractivity contribution in [3.8, 4) is 0 Å². The SMILES string of the molecule is Cc1cnn2c1CC[C@H](N1CCC1)C2. The molecule has 0 saturated carbocycles. The Balaban J connectivity index is 1.79. The highest BCUT2D eigenvalue weighted by atomic mass is 15.3. The minimum Gasteiger partial charge on any atom is -0.298 e. The van der Waals surface area contributed by atoms with Crippen LogP contribution in [-0.4, -0.2) is 33.8 Å². The Morgan fingerprint density at radius 1 is 1.43 bits per heavy atom. The van der Waals surface area contributed by atoms with Crippen LogP contribution in [0.5, 0.6) is 0 Å². The van der Waals surface area contributed by atoms with Crippen molar-refractivity contribution in [1.29, 1.82) is 0 Å². The van der Waals surface area contributed by atoms with E-state index < -0.39 is 0 Å². The summed E-state index contributed by atoms with van der Waals surface area (Å²) in [5, 5.41) is 4.44. The van der Waals surface area contributed by atoms with Crippen LogP contribution in [-0.2, 0) is 13.0 Å². The average molecular weight is 191 g/mol. The van der Waals surface area contributed by atoms with Gasteiger partial charge in [-0.2, -0.15) is 5.10 Å². The minimum absolute atomic E-state index is 0.760. The van der Waals surface area contributed by atoms with E-state index in [1.54, 1.807) is 0 Å². The lowest BCUT2D eigenvalue weighted by atomic mass is 9.99. The third kappa shape index (κ3) is 1.19. The predicted molar refractivity (Wildman–Crippen MR) is 55.3 cm³/mol. The van der Waals surface area contributed by atoms with Gasteiger partial charge in [-0.1, -0.05) is 0 Å². The van der Waals surface area contributed by atoms with Crippen molar-refractivity contribution >= 4 is 0 Å². The van der Waals surface area contributed by atoms with E-state index in [4.69, 9.17) is 0 Å². The van der Waals surface area contributed by atoms with Crippen molar-refractivity contribution in [3.63, 3.8) is 0 Å². The summed E-state index contributed by atoms with van der Waals surface area (Å²) in [4.78, 5) is 2.60. The zero-order valence-corrected chi connectivity index (χ0v) is 8.74. The molecular weight excluding hydrogens is 174 g/mol. The zero-order valence-electron chi connectivity index (χ0n) is 8.74. The Bertz CT molecular complexity index is 338. The third-order valence-electron chi connectivity index (χ3n) is 3.66. The topological polar surface area (TPSA) is 21.1 Å². The van der Waals surface area contributed by atoms with Crippen molar-refractivity contribution in [3.05, 3.63) is 17.5 Å². The molecule has 1 fully saturated rings. The van der Waals surface area contributed by atoms with E-state index in [0.29, 0.717) is 0 Å². The van der Waals surface area contributed by atoms with Crippen LogP contribution in [0.15, 0.2) is 6.20 Å². The smallest absolute Gasteiger partial charge is 0.0568 e. The molecule has 1 atom stereocenters. The summed E-state index contributed by atoms with van der Waals surface area (Å²) in [6.07, 6.45) is 5.94. The molecule has 1 saturated heterocycles. The fourth-order valence-corrected chi connectivity index (χ4v) is 2.59. The van der Waals surface area contributed by atoms with Gasteiger partial charge in [0, 0.05) is 11.7 Å². The molecule has 0 amide bonds. The lowest BCUT2D eigenvalue weighted by Crippen LogP contribution is -2.48. The number of rotatable bonds is 1. The molecule has 1 aromatic rings. The van der Waals surface area contributed by atoms with Gasteiger partial charge in [0.1, 0.15) is 0 Å². The maximum atomic E-state index is 4.44. The van der Waals surface area contributed by atoms with E-state index in [-0.39, 0.29) is 0 Å². The van der Waals surface area contributed by atoms with Crippen molar-refractivity contribution in [2.45, 2.75) is 38.8 Å². The van der Waals surface area contributed by atoms with E-state index in [1.807, 2.05) is 6.20 Å². The van der Waals surface area contributed by atoms with Crippen LogP contribution in [0.2, 0.25) is 0 Å². The van der Waals surface area contributed by atoms with E-state index in [2.05, 4.69) is 21.6 Å². The summed E-state index contributed by atoms with van der Waals surface area (Å²) in [5.41, 5.74) is 2.83. The first kappa shape index (κ1) is 8.48.